The normalized spacial score (nSPS) is 27.8. The van der Waals surface area contributed by atoms with Crippen molar-refractivity contribution < 1.29 is 4.74 Å². The van der Waals surface area contributed by atoms with Crippen molar-refractivity contribution in [2.24, 2.45) is 0 Å². The lowest BCUT2D eigenvalue weighted by Crippen LogP contribution is -2.34. The number of hydrogen-bond acceptors (Lipinski definition) is 2. The van der Waals surface area contributed by atoms with Gasteiger partial charge in [0.15, 0.2) is 0 Å². The van der Waals surface area contributed by atoms with Crippen LogP contribution in [-0.4, -0.2) is 25.3 Å². The van der Waals surface area contributed by atoms with Gasteiger partial charge in [0.2, 0.25) is 0 Å². The predicted molar refractivity (Wildman–Crippen MR) is 67.6 cm³/mol. The van der Waals surface area contributed by atoms with Gasteiger partial charge in [-0.2, -0.15) is 0 Å². The lowest BCUT2D eigenvalue weighted by Gasteiger charge is -2.26. The van der Waals surface area contributed by atoms with Crippen molar-refractivity contribution in [3.8, 4) is 0 Å². The van der Waals surface area contributed by atoms with Gasteiger partial charge in [-0.3, -0.25) is 0 Å². The van der Waals surface area contributed by atoms with E-state index in [-0.39, 0.29) is 0 Å². The minimum absolute atomic E-state index is 0.506. The molecule has 1 heterocycles. The Labute approximate surface area is 99.4 Å². The monoisotopic (exact) mass is 223 g/mol. The van der Waals surface area contributed by atoms with Gasteiger partial charge < -0.3 is 10.1 Å². The van der Waals surface area contributed by atoms with Crippen molar-refractivity contribution in [3.05, 3.63) is 11.6 Å². The highest BCUT2D eigenvalue weighted by atomic mass is 16.5. The molecule has 0 aromatic rings. The fraction of sp³-hybridized carbons (Fsp3) is 0.857. The molecule has 0 saturated carbocycles. The molecule has 1 saturated heterocycles. The molecule has 2 aliphatic rings. The number of nitrogens with one attached hydrogen (secondary N) is 1. The zero-order valence-corrected chi connectivity index (χ0v) is 10.5. The van der Waals surface area contributed by atoms with Crippen LogP contribution in [0, 0.1) is 0 Å². The Bertz CT molecular complexity index is 231. The van der Waals surface area contributed by atoms with Gasteiger partial charge in [-0.25, -0.2) is 0 Å². The van der Waals surface area contributed by atoms with Crippen LogP contribution in [-0.2, 0) is 4.74 Å². The quantitative estimate of drug-likeness (QED) is 0.723. The van der Waals surface area contributed by atoms with Gasteiger partial charge >= 0.3 is 0 Å². The molecule has 1 fully saturated rings. The molecule has 1 N–H and O–H groups in total. The van der Waals surface area contributed by atoms with Crippen LogP contribution in [0.4, 0.5) is 0 Å². The third-order valence-electron chi connectivity index (χ3n) is 3.75. The maximum Gasteiger partial charge on any atom is 0.0594 e. The van der Waals surface area contributed by atoms with Gasteiger partial charge in [0.05, 0.1) is 6.10 Å². The van der Waals surface area contributed by atoms with Crippen LogP contribution in [0.15, 0.2) is 11.6 Å². The Morgan fingerprint density at radius 3 is 3.00 bits per heavy atom. The lowest BCUT2D eigenvalue weighted by atomic mass is 9.90. The molecule has 1 aliphatic carbocycles. The molecule has 0 aromatic carbocycles. The Hall–Kier alpha value is -0.340. The van der Waals surface area contributed by atoms with Gasteiger partial charge in [0.25, 0.3) is 0 Å². The summed E-state index contributed by atoms with van der Waals surface area (Å²) in [5, 5.41) is 3.63. The average molecular weight is 223 g/mol. The number of allylic oxidation sites excluding steroid dienone is 1. The second-order valence-corrected chi connectivity index (χ2v) is 5.01. The average Bonchev–Trinajstić information content (AvgIpc) is 2.83. The molecular formula is C14H25NO. The summed E-state index contributed by atoms with van der Waals surface area (Å²) in [4.78, 5) is 0. The van der Waals surface area contributed by atoms with Crippen LogP contribution in [0.3, 0.4) is 0 Å². The van der Waals surface area contributed by atoms with E-state index in [4.69, 9.17) is 4.74 Å². The largest absolute Gasteiger partial charge is 0.378 e. The highest BCUT2D eigenvalue weighted by molar-refractivity contribution is 5.13. The first kappa shape index (κ1) is 12.1. The SMILES string of the molecule is CCNC(CC1CCCO1)C1=CCCCC1. The fourth-order valence-corrected chi connectivity index (χ4v) is 2.88. The summed E-state index contributed by atoms with van der Waals surface area (Å²) in [6.07, 6.45) is 12.0. The maximum absolute atomic E-state index is 5.75. The molecule has 2 rings (SSSR count). The number of likely N-dealkylation sites (N-methyl/N-ethyl adjacent to an activating group) is 1. The van der Waals surface area contributed by atoms with E-state index in [0.29, 0.717) is 12.1 Å². The van der Waals surface area contributed by atoms with E-state index in [9.17, 15) is 0 Å². The first-order valence-corrected chi connectivity index (χ1v) is 6.94. The molecule has 16 heavy (non-hydrogen) atoms. The van der Waals surface area contributed by atoms with Gasteiger partial charge in [0, 0.05) is 12.6 Å². The molecule has 2 heteroatoms. The third-order valence-corrected chi connectivity index (χ3v) is 3.75. The first-order valence-electron chi connectivity index (χ1n) is 6.94. The molecule has 2 unspecified atom stereocenters. The lowest BCUT2D eigenvalue weighted by molar-refractivity contribution is 0.0975. The number of rotatable bonds is 5. The Morgan fingerprint density at radius 1 is 1.44 bits per heavy atom. The topological polar surface area (TPSA) is 21.3 Å². The van der Waals surface area contributed by atoms with Crippen LogP contribution in [0.5, 0.6) is 0 Å². The van der Waals surface area contributed by atoms with Crippen LogP contribution >= 0.6 is 0 Å². The molecular weight excluding hydrogens is 198 g/mol. The minimum atomic E-state index is 0.506. The van der Waals surface area contributed by atoms with Gasteiger partial charge in [-0.15, -0.1) is 0 Å². The van der Waals surface area contributed by atoms with E-state index in [1.807, 2.05) is 0 Å². The van der Waals surface area contributed by atoms with Gasteiger partial charge in [-0.05, 0) is 51.5 Å². The van der Waals surface area contributed by atoms with Crippen molar-refractivity contribution in [1.82, 2.24) is 5.32 Å². The zero-order chi connectivity index (χ0) is 11.2. The van der Waals surface area contributed by atoms with Crippen molar-refractivity contribution in [2.45, 2.75) is 64.0 Å². The Kier molecular flexibility index (Phi) is 4.86. The van der Waals surface area contributed by atoms with Crippen LogP contribution in [0.1, 0.15) is 51.9 Å². The highest BCUT2D eigenvalue weighted by Crippen LogP contribution is 2.25. The second kappa shape index (κ2) is 6.41. The van der Waals surface area contributed by atoms with Gasteiger partial charge in [0.1, 0.15) is 0 Å². The van der Waals surface area contributed by atoms with E-state index >= 15 is 0 Å². The molecule has 0 bridgehead atoms. The van der Waals surface area contributed by atoms with Crippen LogP contribution < -0.4 is 5.32 Å². The molecule has 1 aliphatic heterocycles. The first-order chi connectivity index (χ1) is 7.90. The Balaban J connectivity index is 1.89. The highest BCUT2D eigenvalue weighted by Gasteiger charge is 2.23. The van der Waals surface area contributed by atoms with E-state index in [1.165, 1.54) is 44.9 Å². The Morgan fingerprint density at radius 2 is 2.38 bits per heavy atom. The maximum atomic E-state index is 5.75. The molecule has 92 valence electrons. The smallest absolute Gasteiger partial charge is 0.0594 e. The molecule has 0 amide bonds. The molecule has 2 atom stereocenters. The summed E-state index contributed by atoms with van der Waals surface area (Å²) in [7, 11) is 0. The minimum Gasteiger partial charge on any atom is -0.378 e. The summed E-state index contributed by atoms with van der Waals surface area (Å²) < 4.78 is 5.75. The third kappa shape index (κ3) is 3.33. The molecule has 0 spiro atoms. The van der Waals surface area contributed by atoms with E-state index < -0.39 is 0 Å². The van der Waals surface area contributed by atoms with E-state index in [1.54, 1.807) is 5.57 Å². The summed E-state index contributed by atoms with van der Waals surface area (Å²) in [6, 6.07) is 0.577. The van der Waals surface area contributed by atoms with Gasteiger partial charge in [-0.1, -0.05) is 18.6 Å². The fourth-order valence-electron chi connectivity index (χ4n) is 2.88. The molecule has 0 radical (unpaired) electrons. The molecule has 2 nitrogen and oxygen atoms in total. The standard InChI is InChI=1S/C14H25NO/c1-2-15-14(11-13-9-6-10-16-13)12-7-4-3-5-8-12/h7,13-15H,2-6,8-11H2,1H3. The van der Waals surface area contributed by atoms with E-state index in [0.717, 1.165) is 13.2 Å². The van der Waals surface area contributed by atoms with Crippen molar-refractivity contribution >= 4 is 0 Å². The predicted octanol–water partition coefficient (Wildman–Crippen LogP) is 3.03. The number of ether oxygens (including phenoxy) is 1. The summed E-state index contributed by atoms with van der Waals surface area (Å²) >= 11 is 0. The second-order valence-electron chi connectivity index (χ2n) is 5.01. The summed E-state index contributed by atoms with van der Waals surface area (Å²) in [5.41, 5.74) is 1.64. The summed E-state index contributed by atoms with van der Waals surface area (Å²) in [6.45, 7) is 4.24. The summed E-state index contributed by atoms with van der Waals surface area (Å²) in [5.74, 6) is 0. The van der Waals surface area contributed by atoms with Crippen molar-refractivity contribution in [2.75, 3.05) is 13.2 Å². The number of hydrogen-bond donors (Lipinski definition) is 1. The molecule has 0 aromatic heterocycles. The van der Waals surface area contributed by atoms with E-state index in [2.05, 4.69) is 18.3 Å². The zero-order valence-electron chi connectivity index (χ0n) is 10.5. The van der Waals surface area contributed by atoms with Crippen LogP contribution in [0.2, 0.25) is 0 Å². The van der Waals surface area contributed by atoms with Crippen molar-refractivity contribution in [1.29, 1.82) is 0 Å². The van der Waals surface area contributed by atoms with Crippen molar-refractivity contribution in [3.63, 3.8) is 0 Å². The van der Waals surface area contributed by atoms with Crippen LogP contribution in [0.25, 0.3) is 0 Å².